The highest BCUT2D eigenvalue weighted by atomic mass is 16.5. The van der Waals surface area contributed by atoms with Crippen LogP contribution in [0.2, 0.25) is 0 Å². The van der Waals surface area contributed by atoms with Gasteiger partial charge in [-0.1, -0.05) is 29.8 Å². The molecule has 4 rings (SSSR count). The van der Waals surface area contributed by atoms with E-state index in [1.54, 1.807) is 0 Å². The van der Waals surface area contributed by atoms with Crippen molar-refractivity contribution < 1.29 is 9.53 Å². The fraction of sp³-hybridized carbons (Fsp3) is 0.522. The van der Waals surface area contributed by atoms with Crippen molar-refractivity contribution in [2.24, 2.45) is 5.92 Å². The van der Waals surface area contributed by atoms with Gasteiger partial charge in [0.25, 0.3) is 0 Å². The second kappa shape index (κ2) is 6.83. The molecule has 0 aliphatic carbocycles. The van der Waals surface area contributed by atoms with E-state index in [9.17, 15) is 4.79 Å². The summed E-state index contributed by atoms with van der Waals surface area (Å²) in [6, 6.07) is 8.88. The van der Waals surface area contributed by atoms with Crippen molar-refractivity contribution in [2.75, 3.05) is 20.2 Å². The highest BCUT2D eigenvalue weighted by molar-refractivity contribution is 5.90. The molecule has 2 bridgehead atoms. The molecule has 4 nitrogen and oxygen atoms in total. The van der Waals surface area contributed by atoms with Crippen LogP contribution in [0, 0.1) is 5.92 Å². The Balaban J connectivity index is 1.88. The molecule has 1 fully saturated rings. The lowest BCUT2D eigenvalue weighted by molar-refractivity contribution is -0.148. The first-order chi connectivity index (χ1) is 13.0. The molecule has 4 atom stereocenters. The first-order valence-corrected chi connectivity index (χ1v) is 10.1. The molecule has 2 aliphatic heterocycles. The van der Waals surface area contributed by atoms with E-state index in [1.165, 1.54) is 23.6 Å². The number of rotatable bonds is 1. The summed E-state index contributed by atoms with van der Waals surface area (Å²) in [5.74, 6) is 0.318. The van der Waals surface area contributed by atoms with Gasteiger partial charge in [-0.05, 0) is 57.6 Å². The van der Waals surface area contributed by atoms with Gasteiger partial charge in [-0.3, -0.25) is 9.69 Å². The third-order valence-corrected chi connectivity index (χ3v) is 6.82. The third-order valence-electron chi connectivity index (χ3n) is 6.82. The number of ether oxygens (including phenoxy) is 1. The molecule has 0 spiro atoms. The van der Waals surface area contributed by atoms with Crippen molar-refractivity contribution in [1.29, 1.82) is 0 Å². The van der Waals surface area contributed by atoms with Gasteiger partial charge in [0, 0.05) is 35.7 Å². The molecular weight excluding hydrogens is 336 g/mol. The molecule has 27 heavy (non-hydrogen) atoms. The SMILES string of the molecule is C/C=C1\CC2CN(CCc3c([nH]c4ccccc34)[C@](C)(C(=O)OC)C2)C1C. The van der Waals surface area contributed by atoms with Gasteiger partial charge in [0.1, 0.15) is 5.41 Å². The lowest BCUT2D eigenvalue weighted by Crippen LogP contribution is -2.46. The fourth-order valence-corrected chi connectivity index (χ4v) is 5.35. The van der Waals surface area contributed by atoms with Gasteiger partial charge in [0.05, 0.1) is 7.11 Å². The minimum Gasteiger partial charge on any atom is -0.468 e. The Kier molecular flexibility index (Phi) is 4.63. The molecule has 2 aliphatic rings. The molecule has 1 saturated heterocycles. The molecule has 3 heterocycles. The second-order valence-electron chi connectivity index (χ2n) is 8.41. The van der Waals surface area contributed by atoms with Gasteiger partial charge in [-0.25, -0.2) is 0 Å². The summed E-state index contributed by atoms with van der Waals surface area (Å²) in [6.07, 6.45) is 5.09. The number of carbonyl (C=O) groups excluding carboxylic acids is 1. The van der Waals surface area contributed by atoms with Gasteiger partial charge < -0.3 is 9.72 Å². The molecule has 0 amide bonds. The zero-order chi connectivity index (χ0) is 19.2. The van der Waals surface area contributed by atoms with Crippen molar-refractivity contribution in [3.05, 3.63) is 47.2 Å². The molecule has 0 saturated carbocycles. The van der Waals surface area contributed by atoms with Gasteiger partial charge >= 0.3 is 5.97 Å². The van der Waals surface area contributed by atoms with E-state index >= 15 is 0 Å². The van der Waals surface area contributed by atoms with Crippen LogP contribution in [-0.2, 0) is 21.4 Å². The summed E-state index contributed by atoms with van der Waals surface area (Å²) in [6.45, 7) is 8.59. The molecule has 1 N–H and O–H groups in total. The number of allylic oxidation sites excluding steroid dienone is 1. The number of methoxy groups -OCH3 is 1. The zero-order valence-corrected chi connectivity index (χ0v) is 16.8. The van der Waals surface area contributed by atoms with Crippen molar-refractivity contribution >= 4 is 16.9 Å². The van der Waals surface area contributed by atoms with Crippen LogP contribution in [0.5, 0.6) is 0 Å². The van der Waals surface area contributed by atoms with Gasteiger partial charge in [-0.15, -0.1) is 0 Å². The first-order valence-electron chi connectivity index (χ1n) is 10.1. The Morgan fingerprint density at radius 2 is 2.15 bits per heavy atom. The zero-order valence-electron chi connectivity index (χ0n) is 16.8. The van der Waals surface area contributed by atoms with Crippen LogP contribution in [0.25, 0.3) is 10.9 Å². The number of fused-ring (bicyclic) bond motifs is 5. The first kappa shape index (κ1) is 18.3. The van der Waals surface area contributed by atoms with Crippen molar-refractivity contribution in [1.82, 2.24) is 9.88 Å². The number of esters is 1. The largest absolute Gasteiger partial charge is 0.468 e. The molecular formula is C23H30N2O2. The average Bonchev–Trinajstić information content (AvgIpc) is 3.07. The summed E-state index contributed by atoms with van der Waals surface area (Å²) >= 11 is 0. The maximum atomic E-state index is 13.0. The summed E-state index contributed by atoms with van der Waals surface area (Å²) in [4.78, 5) is 19.2. The summed E-state index contributed by atoms with van der Waals surface area (Å²) < 4.78 is 5.31. The number of H-pyrrole nitrogens is 1. The fourth-order valence-electron chi connectivity index (χ4n) is 5.35. The lowest BCUT2D eigenvalue weighted by atomic mass is 9.73. The predicted octanol–water partition coefficient (Wildman–Crippen LogP) is 4.20. The Bertz CT molecular complexity index is 897. The number of aromatic amines is 1. The van der Waals surface area contributed by atoms with Crippen LogP contribution in [-0.4, -0.2) is 42.1 Å². The molecule has 1 aromatic heterocycles. The number of carbonyl (C=O) groups is 1. The van der Waals surface area contributed by atoms with Crippen molar-refractivity contribution in [2.45, 2.75) is 51.5 Å². The van der Waals surface area contributed by atoms with Crippen LogP contribution in [0.4, 0.5) is 0 Å². The smallest absolute Gasteiger partial charge is 0.317 e. The highest BCUT2D eigenvalue weighted by Gasteiger charge is 2.44. The van der Waals surface area contributed by atoms with Crippen LogP contribution in [0.3, 0.4) is 0 Å². The van der Waals surface area contributed by atoms with E-state index in [0.29, 0.717) is 12.0 Å². The standard InChI is InChI=1S/C23H30N2O2/c1-5-17-12-16-13-23(3,22(26)27-4)21-19(10-11-25(14-16)15(17)2)18-8-6-7-9-20(18)24-21/h5-9,15-16,24H,10-14H2,1-4H3/b17-5+/t15?,16?,23-/m1/s1. The lowest BCUT2D eigenvalue weighted by Gasteiger charge is -2.41. The number of nitrogens with one attached hydrogen (secondary N) is 1. The predicted molar refractivity (Wildman–Crippen MR) is 109 cm³/mol. The van der Waals surface area contributed by atoms with E-state index in [0.717, 1.165) is 43.6 Å². The Labute approximate surface area is 161 Å². The van der Waals surface area contributed by atoms with Gasteiger partial charge in [0.15, 0.2) is 0 Å². The summed E-state index contributed by atoms with van der Waals surface area (Å²) in [5, 5.41) is 1.24. The number of nitrogens with zero attached hydrogens (tertiary/aromatic N) is 1. The summed E-state index contributed by atoms with van der Waals surface area (Å²) in [7, 11) is 1.51. The highest BCUT2D eigenvalue weighted by Crippen LogP contribution is 2.42. The number of aromatic nitrogens is 1. The molecule has 2 aromatic rings. The van der Waals surface area contributed by atoms with Crippen molar-refractivity contribution in [3.63, 3.8) is 0 Å². The molecule has 3 unspecified atom stereocenters. The van der Waals surface area contributed by atoms with Gasteiger partial charge in [0.2, 0.25) is 0 Å². The maximum Gasteiger partial charge on any atom is 0.317 e. The summed E-state index contributed by atoms with van der Waals surface area (Å²) in [5.41, 5.74) is 4.29. The number of benzene rings is 1. The third kappa shape index (κ3) is 2.91. The topological polar surface area (TPSA) is 45.3 Å². The normalized spacial score (nSPS) is 32.4. The molecule has 4 heteroatoms. The molecule has 144 valence electrons. The number of hydrogen-bond donors (Lipinski definition) is 1. The number of para-hydroxylation sites is 1. The van der Waals surface area contributed by atoms with E-state index in [-0.39, 0.29) is 5.97 Å². The maximum absolute atomic E-state index is 13.0. The Morgan fingerprint density at radius 1 is 1.37 bits per heavy atom. The van der Waals surface area contributed by atoms with Crippen LogP contribution in [0.1, 0.15) is 44.9 Å². The molecule has 0 radical (unpaired) electrons. The minimum atomic E-state index is -0.650. The average molecular weight is 367 g/mol. The molecule has 1 aromatic carbocycles. The van der Waals surface area contributed by atoms with E-state index in [4.69, 9.17) is 4.74 Å². The van der Waals surface area contributed by atoms with Crippen LogP contribution in [0.15, 0.2) is 35.9 Å². The quantitative estimate of drug-likeness (QED) is 0.608. The second-order valence-corrected chi connectivity index (χ2v) is 8.41. The van der Waals surface area contributed by atoms with Crippen LogP contribution < -0.4 is 0 Å². The van der Waals surface area contributed by atoms with Gasteiger partial charge in [-0.2, -0.15) is 0 Å². The number of piperidine rings is 1. The number of hydrogen-bond acceptors (Lipinski definition) is 3. The van der Waals surface area contributed by atoms with Crippen LogP contribution >= 0.6 is 0 Å². The van der Waals surface area contributed by atoms with Crippen molar-refractivity contribution in [3.8, 4) is 0 Å². The Hall–Kier alpha value is -2.07. The van der Waals surface area contributed by atoms with E-state index < -0.39 is 5.41 Å². The minimum absolute atomic E-state index is 0.135. The van der Waals surface area contributed by atoms with E-state index in [2.05, 4.69) is 54.9 Å². The van der Waals surface area contributed by atoms with E-state index in [1.807, 2.05) is 6.07 Å². The Morgan fingerprint density at radius 3 is 2.89 bits per heavy atom. The monoisotopic (exact) mass is 366 g/mol.